The number of aromatic amines is 1. The lowest BCUT2D eigenvalue weighted by molar-refractivity contribution is 0.102. The number of carbonyl (C=O) groups is 1. The van der Waals surface area contributed by atoms with Gasteiger partial charge in [0.2, 0.25) is 0 Å². The van der Waals surface area contributed by atoms with Crippen molar-refractivity contribution in [2.45, 2.75) is 6.92 Å². The van der Waals surface area contributed by atoms with Gasteiger partial charge in [0.25, 0.3) is 5.91 Å². The standard InChI is InChI=1S/C14H12N4OS/c1-9-4-2-6-15-13(9)16-14(19)11-8-10(17-18-11)12-5-3-7-20-12/h2-8H,1H3,(H,17,18)(H,15,16,19). The molecule has 20 heavy (non-hydrogen) atoms. The molecule has 6 heteroatoms. The number of hydrogen-bond acceptors (Lipinski definition) is 4. The Morgan fingerprint density at radius 2 is 2.25 bits per heavy atom. The third-order valence-electron chi connectivity index (χ3n) is 2.84. The molecule has 0 aliphatic carbocycles. The van der Waals surface area contributed by atoms with Gasteiger partial charge in [-0.15, -0.1) is 11.3 Å². The predicted octanol–water partition coefficient (Wildman–Crippen LogP) is 3.09. The molecule has 0 bridgehead atoms. The maximum Gasteiger partial charge on any atom is 0.277 e. The number of aryl methyl sites for hydroxylation is 1. The van der Waals surface area contributed by atoms with Gasteiger partial charge in [-0.2, -0.15) is 5.10 Å². The van der Waals surface area contributed by atoms with Gasteiger partial charge < -0.3 is 5.32 Å². The van der Waals surface area contributed by atoms with Crippen LogP contribution in [0, 0.1) is 6.92 Å². The van der Waals surface area contributed by atoms with E-state index in [1.54, 1.807) is 23.6 Å². The summed E-state index contributed by atoms with van der Waals surface area (Å²) in [5.41, 5.74) is 2.09. The van der Waals surface area contributed by atoms with Gasteiger partial charge in [-0.25, -0.2) is 4.98 Å². The van der Waals surface area contributed by atoms with Gasteiger partial charge in [0.1, 0.15) is 5.82 Å². The van der Waals surface area contributed by atoms with Gasteiger partial charge in [0.15, 0.2) is 5.69 Å². The highest BCUT2D eigenvalue weighted by atomic mass is 32.1. The predicted molar refractivity (Wildman–Crippen MR) is 78.8 cm³/mol. The lowest BCUT2D eigenvalue weighted by Crippen LogP contribution is -2.14. The number of nitrogens with zero attached hydrogens (tertiary/aromatic N) is 2. The molecule has 0 unspecified atom stereocenters. The van der Waals surface area contributed by atoms with Crippen LogP contribution in [0.25, 0.3) is 10.6 Å². The molecule has 3 aromatic rings. The summed E-state index contributed by atoms with van der Waals surface area (Å²) in [4.78, 5) is 17.3. The van der Waals surface area contributed by atoms with Gasteiger partial charge in [0.05, 0.1) is 10.6 Å². The number of nitrogens with one attached hydrogen (secondary N) is 2. The smallest absolute Gasteiger partial charge is 0.277 e. The fraction of sp³-hybridized carbons (Fsp3) is 0.0714. The molecular weight excluding hydrogens is 272 g/mol. The third-order valence-corrected chi connectivity index (χ3v) is 3.74. The van der Waals surface area contributed by atoms with Gasteiger partial charge in [0, 0.05) is 6.20 Å². The zero-order chi connectivity index (χ0) is 13.9. The summed E-state index contributed by atoms with van der Waals surface area (Å²) in [6, 6.07) is 9.39. The van der Waals surface area contributed by atoms with E-state index in [1.165, 1.54) is 0 Å². The van der Waals surface area contributed by atoms with E-state index in [4.69, 9.17) is 0 Å². The van der Waals surface area contributed by atoms with Crippen molar-refractivity contribution in [3.05, 3.63) is 53.2 Å². The number of thiophene rings is 1. The van der Waals surface area contributed by atoms with Crippen LogP contribution in [0.5, 0.6) is 0 Å². The van der Waals surface area contributed by atoms with Crippen molar-refractivity contribution in [2.75, 3.05) is 5.32 Å². The molecule has 5 nitrogen and oxygen atoms in total. The number of aromatic nitrogens is 3. The van der Waals surface area contributed by atoms with Gasteiger partial charge >= 0.3 is 0 Å². The first-order chi connectivity index (χ1) is 9.74. The van der Waals surface area contributed by atoms with E-state index in [-0.39, 0.29) is 5.91 Å². The number of rotatable bonds is 3. The number of amides is 1. The molecule has 100 valence electrons. The van der Waals surface area contributed by atoms with E-state index in [1.807, 2.05) is 36.6 Å². The van der Waals surface area contributed by atoms with Crippen LogP contribution in [0.1, 0.15) is 16.1 Å². The molecule has 0 aromatic carbocycles. The number of hydrogen-bond donors (Lipinski definition) is 2. The Kier molecular flexibility index (Phi) is 3.30. The first kappa shape index (κ1) is 12.6. The zero-order valence-electron chi connectivity index (χ0n) is 10.8. The Hall–Kier alpha value is -2.47. The lowest BCUT2D eigenvalue weighted by Gasteiger charge is -2.04. The third kappa shape index (κ3) is 2.46. The molecular formula is C14H12N4OS. The van der Waals surface area contributed by atoms with Crippen LogP contribution in [0.2, 0.25) is 0 Å². The van der Waals surface area contributed by atoms with Crippen LogP contribution in [-0.4, -0.2) is 21.1 Å². The van der Waals surface area contributed by atoms with Gasteiger partial charge in [-0.05, 0) is 36.1 Å². The molecule has 0 saturated carbocycles. The van der Waals surface area contributed by atoms with E-state index >= 15 is 0 Å². The minimum absolute atomic E-state index is 0.272. The first-order valence-corrected chi connectivity index (χ1v) is 6.94. The second-order valence-electron chi connectivity index (χ2n) is 4.27. The molecule has 3 rings (SSSR count). The van der Waals surface area contributed by atoms with Crippen LogP contribution < -0.4 is 5.32 Å². The fourth-order valence-electron chi connectivity index (χ4n) is 1.78. The Labute approximate surface area is 119 Å². The lowest BCUT2D eigenvalue weighted by atomic mass is 10.2. The van der Waals surface area contributed by atoms with Crippen LogP contribution in [-0.2, 0) is 0 Å². The maximum absolute atomic E-state index is 12.1. The molecule has 0 spiro atoms. The molecule has 0 fully saturated rings. The van der Waals surface area contributed by atoms with Crippen molar-refractivity contribution in [2.24, 2.45) is 0 Å². The number of anilines is 1. The van der Waals surface area contributed by atoms with Gasteiger partial charge in [-0.1, -0.05) is 12.1 Å². The van der Waals surface area contributed by atoms with Crippen molar-refractivity contribution in [3.63, 3.8) is 0 Å². The Morgan fingerprint density at radius 3 is 3.00 bits per heavy atom. The molecule has 3 aromatic heterocycles. The second kappa shape index (κ2) is 5.26. The summed E-state index contributed by atoms with van der Waals surface area (Å²) in [5.74, 6) is 0.282. The van der Waals surface area contributed by atoms with Crippen molar-refractivity contribution in [1.82, 2.24) is 15.2 Å². The summed E-state index contributed by atoms with van der Waals surface area (Å²) < 4.78 is 0. The minimum Gasteiger partial charge on any atom is -0.305 e. The summed E-state index contributed by atoms with van der Waals surface area (Å²) >= 11 is 1.59. The monoisotopic (exact) mass is 284 g/mol. The zero-order valence-corrected chi connectivity index (χ0v) is 11.6. The van der Waals surface area contributed by atoms with E-state index in [9.17, 15) is 4.79 Å². The highest BCUT2D eigenvalue weighted by molar-refractivity contribution is 7.13. The molecule has 3 heterocycles. The van der Waals surface area contributed by atoms with E-state index in [0.717, 1.165) is 16.1 Å². The fourth-order valence-corrected chi connectivity index (χ4v) is 2.48. The Balaban J connectivity index is 1.80. The summed E-state index contributed by atoms with van der Waals surface area (Å²) in [7, 11) is 0. The average Bonchev–Trinajstić information content (AvgIpc) is 3.11. The summed E-state index contributed by atoms with van der Waals surface area (Å²) in [6.45, 7) is 1.89. The molecule has 0 saturated heterocycles. The molecule has 0 atom stereocenters. The molecule has 0 aliphatic heterocycles. The topological polar surface area (TPSA) is 70.7 Å². The van der Waals surface area contributed by atoms with Crippen LogP contribution >= 0.6 is 11.3 Å². The largest absolute Gasteiger partial charge is 0.305 e. The number of carbonyl (C=O) groups excluding carboxylic acids is 1. The average molecular weight is 284 g/mol. The highest BCUT2D eigenvalue weighted by Crippen LogP contribution is 2.23. The second-order valence-corrected chi connectivity index (χ2v) is 5.21. The molecule has 2 N–H and O–H groups in total. The van der Waals surface area contributed by atoms with E-state index < -0.39 is 0 Å². The van der Waals surface area contributed by atoms with E-state index in [0.29, 0.717) is 11.5 Å². The molecule has 1 amide bonds. The summed E-state index contributed by atoms with van der Waals surface area (Å²) in [5, 5.41) is 11.6. The van der Waals surface area contributed by atoms with E-state index in [2.05, 4.69) is 20.5 Å². The van der Waals surface area contributed by atoms with Crippen molar-refractivity contribution >= 4 is 23.1 Å². The SMILES string of the molecule is Cc1cccnc1NC(=O)c1cc(-c2cccs2)[nH]n1. The van der Waals surface area contributed by atoms with Crippen molar-refractivity contribution in [1.29, 1.82) is 0 Å². The Bertz CT molecular complexity index is 733. The van der Waals surface area contributed by atoms with Gasteiger partial charge in [-0.3, -0.25) is 9.89 Å². The molecule has 0 aliphatic rings. The van der Waals surface area contributed by atoms with Crippen LogP contribution in [0.15, 0.2) is 41.9 Å². The number of pyridine rings is 1. The van der Waals surface area contributed by atoms with Crippen LogP contribution in [0.4, 0.5) is 5.82 Å². The van der Waals surface area contributed by atoms with Crippen molar-refractivity contribution < 1.29 is 4.79 Å². The Morgan fingerprint density at radius 1 is 1.35 bits per heavy atom. The highest BCUT2D eigenvalue weighted by Gasteiger charge is 2.13. The summed E-state index contributed by atoms with van der Waals surface area (Å²) in [6.07, 6.45) is 1.64. The minimum atomic E-state index is -0.272. The quantitative estimate of drug-likeness (QED) is 0.776. The molecule has 0 radical (unpaired) electrons. The van der Waals surface area contributed by atoms with Crippen molar-refractivity contribution in [3.8, 4) is 10.6 Å². The maximum atomic E-state index is 12.1. The van der Waals surface area contributed by atoms with Crippen LogP contribution in [0.3, 0.4) is 0 Å². The number of H-pyrrole nitrogens is 1. The normalized spacial score (nSPS) is 10.4. The first-order valence-electron chi connectivity index (χ1n) is 6.06.